The van der Waals surface area contributed by atoms with Crippen LogP contribution >= 0.6 is 0 Å². The minimum Gasteiger partial charge on any atom is -1.00 e. The number of carbonyl (C=O) groups is 1. The van der Waals surface area contributed by atoms with Crippen LogP contribution in [-0.2, 0) is 4.79 Å². The molecule has 0 saturated carbocycles. The third-order valence-corrected chi connectivity index (χ3v) is 6.64. The maximum atomic E-state index is 11.9. The fraction of sp³-hybridized carbons (Fsp3) is 0.962. The lowest BCUT2D eigenvalue weighted by Gasteiger charge is -2.34. The molecule has 0 heterocycles. The van der Waals surface area contributed by atoms with Crippen molar-refractivity contribution in [1.29, 1.82) is 0 Å². The van der Waals surface area contributed by atoms with Gasteiger partial charge < -0.3 is 22.2 Å². The van der Waals surface area contributed by atoms with Gasteiger partial charge in [-0.05, 0) is 20.3 Å². The number of nitrogens with one attached hydrogen (secondary N) is 1. The van der Waals surface area contributed by atoms with Gasteiger partial charge in [-0.15, -0.1) is 0 Å². The van der Waals surface area contributed by atoms with E-state index in [2.05, 4.69) is 40.2 Å². The summed E-state index contributed by atoms with van der Waals surface area (Å²) >= 11 is 0. The highest BCUT2D eigenvalue weighted by Gasteiger charge is 2.18. The van der Waals surface area contributed by atoms with E-state index in [9.17, 15) is 4.79 Å². The zero-order chi connectivity index (χ0) is 21.8. The van der Waals surface area contributed by atoms with E-state index >= 15 is 0 Å². The van der Waals surface area contributed by atoms with Crippen molar-refractivity contribution in [1.82, 2.24) is 5.32 Å². The molecule has 3 nitrogen and oxygen atoms in total. The summed E-state index contributed by atoms with van der Waals surface area (Å²) in [6, 6.07) is 0.631. The molecule has 0 fully saturated rings. The first-order valence-corrected chi connectivity index (χ1v) is 13.0. The van der Waals surface area contributed by atoms with Gasteiger partial charge in [0.2, 0.25) is 5.91 Å². The molecule has 4 heteroatoms. The van der Waals surface area contributed by atoms with E-state index in [1.54, 1.807) is 0 Å². The normalized spacial score (nSPS) is 11.5. The van der Waals surface area contributed by atoms with Gasteiger partial charge in [-0.3, -0.25) is 4.79 Å². The van der Waals surface area contributed by atoms with Gasteiger partial charge in [0.1, 0.15) is 0 Å². The van der Waals surface area contributed by atoms with E-state index in [4.69, 9.17) is 0 Å². The lowest BCUT2D eigenvalue weighted by Crippen LogP contribution is -3.00. The molecule has 182 valence electrons. The molecule has 30 heavy (non-hydrogen) atoms. The molecule has 0 radical (unpaired) electrons. The molecule has 0 saturated heterocycles. The highest BCUT2D eigenvalue weighted by Crippen LogP contribution is 2.13. The van der Waals surface area contributed by atoms with Crippen molar-refractivity contribution < 1.29 is 21.7 Å². The number of hydrogen-bond acceptors (Lipinski definition) is 1. The Hall–Kier alpha value is -0.280. The standard InChI is InChI=1S/C26H54N2O.ClH/c1-6-7-8-9-10-11-12-13-14-15-16-17-18-19-20-22-26(29)27-23-21-24-28(4,5)25(2)3;/h25H,6-24H2,1-5H3;1H. The summed E-state index contributed by atoms with van der Waals surface area (Å²) < 4.78 is 1.02. The molecule has 0 aromatic rings. The molecule has 0 rings (SSSR count). The van der Waals surface area contributed by atoms with E-state index < -0.39 is 0 Å². The van der Waals surface area contributed by atoms with Crippen LogP contribution in [0.2, 0.25) is 0 Å². The lowest BCUT2D eigenvalue weighted by molar-refractivity contribution is -0.911. The Labute approximate surface area is 196 Å². The van der Waals surface area contributed by atoms with Crippen LogP contribution in [0.25, 0.3) is 0 Å². The van der Waals surface area contributed by atoms with Crippen molar-refractivity contribution in [3.8, 4) is 0 Å². The van der Waals surface area contributed by atoms with Crippen LogP contribution in [0.15, 0.2) is 0 Å². The minimum atomic E-state index is 0. The number of hydrogen-bond donors (Lipinski definition) is 1. The number of rotatable bonds is 21. The van der Waals surface area contributed by atoms with Gasteiger partial charge in [0, 0.05) is 19.4 Å². The summed E-state index contributed by atoms with van der Waals surface area (Å²) in [7, 11) is 4.53. The van der Waals surface area contributed by atoms with E-state index in [1.165, 1.54) is 89.9 Å². The molecule has 0 unspecified atom stereocenters. The quantitative estimate of drug-likeness (QED) is 0.207. The molecule has 0 spiro atoms. The van der Waals surface area contributed by atoms with Crippen LogP contribution in [-0.4, -0.2) is 43.6 Å². The van der Waals surface area contributed by atoms with Crippen molar-refractivity contribution in [2.45, 2.75) is 136 Å². The first-order valence-electron chi connectivity index (χ1n) is 13.0. The van der Waals surface area contributed by atoms with Crippen molar-refractivity contribution in [3.63, 3.8) is 0 Å². The average molecular weight is 447 g/mol. The van der Waals surface area contributed by atoms with E-state index in [0.717, 1.165) is 30.4 Å². The first kappa shape index (κ1) is 31.9. The predicted octanol–water partition coefficient (Wildman–Crippen LogP) is 4.24. The maximum absolute atomic E-state index is 11.9. The maximum Gasteiger partial charge on any atom is 0.219 e. The summed E-state index contributed by atoms with van der Waals surface area (Å²) in [5.41, 5.74) is 0. The Morgan fingerprint density at radius 1 is 0.700 bits per heavy atom. The SMILES string of the molecule is CCCCCCCCCCCCCCCCCC(=O)NCCC[N+](C)(C)C(C)C.[Cl-]. The molecule has 0 aromatic heterocycles. The van der Waals surface area contributed by atoms with Gasteiger partial charge in [-0.2, -0.15) is 0 Å². The second-order valence-electron chi connectivity index (χ2n) is 10.00. The second-order valence-corrected chi connectivity index (χ2v) is 10.00. The first-order chi connectivity index (χ1) is 13.9. The summed E-state index contributed by atoms with van der Waals surface area (Å²) in [5, 5.41) is 3.09. The van der Waals surface area contributed by atoms with Crippen LogP contribution in [0.3, 0.4) is 0 Å². The molecule has 0 aliphatic carbocycles. The summed E-state index contributed by atoms with van der Waals surface area (Å²) in [4.78, 5) is 11.9. The Morgan fingerprint density at radius 2 is 1.10 bits per heavy atom. The van der Waals surface area contributed by atoms with Gasteiger partial charge in [-0.1, -0.05) is 96.8 Å². The molecule has 0 aliphatic heterocycles. The smallest absolute Gasteiger partial charge is 0.219 e. The van der Waals surface area contributed by atoms with Gasteiger partial charge in [0.15, 0.2) is 0 Å². The Balaban J connectivity index is 0. The van der Waals surface area contributed by atoms with Crippen molar-refractivity contribution in [2.75, 3.05) is 27.2 Å². The van der Waals surface area contributed by atoms with E-state index in [-0.39, 0.29) is 18.3 Å². The molecule has 1 N–H and O–H groups in total. The van der Waals surface area contributed by atoms with Gasteiger partial charge in [0.05, 0.1) is 26.7 Å². The second kappa shape index (κ2) is 21.9. The number of amides is 1. The van der Waals surface area contributed by atoms with Crippen LogP contribution in [0.4, 0.5) is 0 Å². The van der Waals surface area contributed by atoms with Crippen LogP contribution in [0.1, 0.15) is 130 Å². The van der Waals surface area contributed by atoms with Crippen molar-refractivity contribution in [2.24, 2.45) is 0 Å². The Morgan fingerprint density at radius 3 is 1.50 bits per heavy atom. The molecule has 0 aliphatic rings. The summed E-state index contributed by atoms with van der Waals surface area (Å²) in [5.74, 6) is 0.245. The predicted molar refractivity (Wildman–Crippen MR) is 129 cm³/mol. The monoisotopic (exact) mass is 446 g/mol. The van der Waals surface area contributed by atoms with Crippen LogP contribution in [0.5, 0.6) is 0 Å². The zero-order valence-corrected chi connectivity index (χ0v) is 22.0. The molecule has 0 aromatic carbocycles. The number of quaternary nitrogens is 1. The molecule has 1 amide bonds. The van der Waals surface area contributed by atoms with E-state index in [0.29, 0.717) is 12.5 Å². The van der Waals surface area contributed by atoms with Gasteiger partial charge in [-0.25, -0.2) is 0 Å². The fourth-order valence-electron chi connectivity index (χ4n) is 3.72. The lowest BCUT2D eigenvalue weighted by atomic mass is 10.0. The molecular weight excluding hydrogens is 392 g/mol. The van der Waals surface area contributed by atoms with E-state index in [1.807, 2.05) is 0 Å². The van der Waals surface area contributed by atoms with Gasteiger partial charge in [0.25, 0.3) is 0 Å². The number of nitrogens with zero attached hydrogens (tertiary/aromatic N) is 1. The van der Waals surface area contributed by atoms with Gasteiger partial charge >= 0.3 is 0 Å². The minimum absolute atomic E-state index is 0. The Kier molecular flexibility index (Phi) is 23.3. The number of unbranched alkanes of at least 4 members (excludes halogenated alkanes) is 14. The fourth-order valence-corrected chi connectivity index (χ4v) is 3.72. The topological polar surface area (TPSA) is 29.1 Å². The number of halogens is 1. The van der Waals surface area contributed by atoms with Crippen molar-refractivity contribution >= 4 is 5.91 Å². The summed E-state index contributed by atoms with van der Waals surface area (Å²) in [6.07, 6.45) is 22.3. The number of carbonyl (C=O) groups excluding carboxylic acids is 1. The molecular formula is C26H55ClN2O. The highest BCUT2D eigenvalue weighted by molar-refractivity contribution is 5.75. The largest absolute Gasteiger partial charge is 1.00 e. The average Bonchev–Trinajstić information content (AvgIpc) is 2.68. The highest BCUT2D eigenvalue weighted by atomic mass is 35.5. The molecule has 0 bridgehead atoms. The third kappa shape index (κ3) is 21.0. The Bertz CT molecular complexity index is 372. The molecule has 0 atom stereocenters. The third-order valence-electron chi connectivity index (χ3n) is 6.64. The summed E-state index contributed by atoms with van der Waals surface area (Å²) in [6.45, 7) is 8.75. The van der Waals surface area contributed by atoms with Crippen LogP contribution < -0.4 is 17.7 Å². The van der Waals surface area contributed by atoms with Crippen molar-refractivity contribution in [3.05, 3.63) is 0 Å². The van der Waals surface area contributed by atoms with Crippen LogP contribution in [0, 0.1) is 0 Å². The zero-order valence-electron chi connectivity index (χ0n) is 21.2.